The second-order valence-electron chi connectivity index (χ2n) is 15.0. The molecule has 6 heteroatoms. The molecule has 0 rings (SSSR count). The van der Waals surface area contributed by atoms with Crippen LogP contribution in [0.1, 0.15) is 201 Å². The standard InChI is InChI=1S/C51H84O6/c1-4-7-10-13-16-19-21-23-24-25-26-28-29-32-35-38-41-44-50(53)56-47-48(46-55-49(52)43-40-37-34-31-18-15-12-9-6-3)57-51(54)45-42-39-36-33-30-27-22-20-17-14-11-8-5-2/h8,11,14,17,20,22-24,26-28,30,32,35,48H,4-7,9-10,12-13,15-16,18-19,21,25,29,31,33-34,36-47H2,1-3H3/b11-8-,17-14-,22-20-,24-23-,28-26-,30-27-,35-32-. The molecular formula is C51H84O6. The van der Waals surface area contributed by atoms with Crippen molar-refractivity contribution >= 4 is 17.9 Å². The van der Waals surface area contributed by atoms with Crippen LogP contribution in [-0.2, 0) is 28.6 Å². The lowest BCUT2D eigenvalue weighted by Gasteiger charge is -2.18. The number of carbonyl (C=O) groups is 3. The smallest absolute Gasteiger partial charge is 0.306 e. The predicted molar refractivity (Wildman–Crippen MR) is 242 cm³/mol. The molecule has 0 aliphatic carbocycles. The fourth-order valence-electron chi connectivity index (χ4n) is 6.00. The average molecular weight is 793 g/mol. The largest absolute Gasteiger partial charge is 0.462 e. The molecule has 0 radical (unpaired) electrons. The Labute approximate surface area is 350 Å². The number of esters is 3. The number of unbranched alkanes of at least 4 members (excludes halogenated alkanes) is 18. The minimum absolute atomic E-state index is 0.108. The Hall–Kier alpha value is -3.41. The van der Waals surface area contributed by atoms with Crippen molar-refractivity contribution in [1.29, 1.82) is 0 Å². The van der Waals surface area contributed by atoms with Gasteiger partial charge < -0.3 is 14.2 Å². The van der Waals surface area contributed by atoms with Crippen LogP contribution in [0.5, 0.6) is 0 Å². The summed E-state index contributed by atoms with van der Waals surface area (Å²) >= 11 is 0. The van der Waals surface area contributed by atoms with Crippen LogP contribution in [0.25, 0.3) is 0 Å². The number of rotatable bonds is 40. The van der Waals surface area contributed by atoms with Crippen molar-refractivity contribution in [1.82, 2.24) is 0 Å². The lowest BCUT2D eigenvalue weighted by Crippen LogP contribution is -2.30. The van der Waals surface area contributed by atoms with Crippen LogP contribution < -0.4 is 0 Å². The van der Waals surface area contributed by atoms with Gasteiger partial charge in [-0.25, -0.2) is 0 Å². The van der Waals surface area contributed by atoms with E-state index in [9.17, 15) is 14.4 Å². The SMILES string of the molecule is CC\C=C/C=C\C=C/C=C\CCCCCC(=O)OC(COC(=O)CCC/C=C\C/C=C\C/C=C\CCCCCCCC)COC(=O)CCCCCCCCCCC. The number of carbonyl (C=O) groups excluding carboxylic acids is 3. The molecule has 0 spiro atoms. The molecule has 0 fully saturated rings. The van der Waals surface area contributed by atoms with Gasteiger partial charge in [-0.15, -0.1) is 0 Å². The van der Waals surface area contributed by atoms with Gasteiger partial charge in [0.2, 0.25) is 0 Å². The monoisotopic (exact) mass is 793 g/mol. The molecule has 0 aromatic heterocycles. The molecule has 0 N–H and O–H groups in total. The van der Waals surface area contributed by atoms with Gasteiger partial charge in [-0.3, -0.25) is 14.4 Å². The third-order valence-electron chi connectivity index (χ3n) is 9.48. The van der Waals surface area contributed by atoms with E-state index in [1.165, 1.54) is 83.5 Å². The van der Waals surface area contributed by atoms with Crippen LogP contribution in [0.3, 0.4) is 0 Å². The van der Waals surface area contributed by atoms with Crippen LogP contribution in [0, 0.1) is 0 Å². The summed E-state index contributed by atoms with van der Waals surface area (Å²) in [6.45, 7) is 6.37. The molecule has 0 aromatic carbocycles. The fraction of sp³-hybridized carbons (Fsp3) is 0.667. The van der Waals surface area contributed by atoms with Crippen molar-refractivity contribution in [3.05, 3.63) is 85.1 Å². The third kappa shape index (κ3) is 43.6. The molecule has 324 valence electrons. The number of hydrogen-bond acceptors (Lipinski definition) is 6. The van der Waals surface area contributed by atoms with Crippen molar-refractivity contribution in [2.45, 2.75) is 207 Å². The van der Waals surface area contributed by atoms with E-state index in [0.29, 0.717) is 19.3 Å². The van der Waals surface area contributed by atoms with E-state index in [1.54, 1.807) is 0 Å². The van der Waals surface area contributed by atoms with E-state index in [0.717, 1.165) is 64.2 Å². The van der Waals surface area contributed by atoms with Crippen LogP contribution in [0.2, 0.25) is 0 Å². The van der Waals surface area contributed by atoms with E-state index in [-0.39, 0.29) is 44.0 Å². The highest BCUT2D eigenvalue weighted by molar-refractivity contribution is 5.71. The summed E-state index contributed by atoms with van der Waals surface area (Å²) < 4.78 is 16.6. The van der Waals surface area contributed by atoms with Crippen LogP contribution in [0.4, 0.5) is 0 Å². The minimum atomic E-state index is -0.813. The van der Waals surface area contributed by atoms with E-state index in [4.69, 9.17) is 14.2 Å². The zero-order chi connectivity index (χ0) is 41.5. The Balaban J connectivity index is 4.50. The Bertz CT molecular complexity index is 1140. The van der Waals surface area contributed by atoms with Gasteiger partial charge >= 0.3 is 17.9 Å². The molecule has 57 heavy (non-hydrogen) atoms. The summed E-state index contributed by atoms with van der Waals surface area (Å²) in [4.78, 5) is 37.7. The second kappa shape index (κ2) is 45.3. The second-order valence-corrected chi connectivity index (χ2v) is 15.0. The Morgan fingerprint density at radius 3 is 1.32 bits per heavy atom. The maximum Gasteiger partial charge on any atom is 0.306 e. The molecule has 6 nitrogen and oxygen atoms in total. The molecule has 0 saturated carbocycles. The molecule has 0 aliphatic rings. The number of hydrogen-bond donors (Lipinski definition) is 0. The number of allylic oxidation sites excluding steroid dienone is 14. The average Bonchev–Trinajstić information content (AvgIpc) is 3.21. The quantitative estimate of drug-likeness (QED) is 0.0202. The van der Waals surface area contributed by atoms with E-state index in [2.05, 4.69) is 69.4 Å². The topological polar surface area (TPSA) is 78.9 Å². The zero-order valence-corrected chi connectivity index (χ0v) is 36.8. The molecule has 0 saturated heterocycles. The molecule has 0 bridgehead atoms. The maximum absolute atomic E-state index is 12.7. The Morgan fingerprint density at radius 2 is 0.772 bits per heavy atom. The Kier molecular flexibility index (Phi) is 42.6. The van der Waals surface area contributed by atoms with Gasteiger partial charge in [0, 0.05) is 19.3 Å². The normalized spacial score (nSPS) is 12.8. The molecular weight excluding hydrogens is 709 g/mol. The van der Waals surface area contributed by atoms with Gasteiger partial charge in [-0.1, -0.05) is 196 Å². The van der Waals surface area contributed by atoms with E-state index < -0.39 is 6.10 Å². The Morgan fingerprint density at radius 1 is 0.386 bits per heavy atom. The molecule has 1 unspecified atom stereocenters. The van der Waals surface area contributed by atoms with Crippen molar-refractivity contribution in [2.24, 2.45) is 0 Å². The summed E-state index contributed by atoms with van der Waals surface area (Å²) in [5.41, 5.74) is 0. The summed E-state index contributed by atoms with van der Waals surface area (Å²) in [6.07, 6.45) is 57.2. The lowest BCUT2D eigenvalue weighted by atomic mass is 10.1. The van der Waals surface area contributed by atoms with Gasteiger partial charge in [0.1, 0.15) is 13.2 Å². The van der Waals surface area contributed by atoms with Gasteiger partial charge in [0.15, 0.2) is 6.10 Å². The van der Waals surface area contributed by atoms with E-state index in [1.807, 2.05) is 36.5 Å². The van der Waals surface area contributed by atoms with Crippen LogP contribution in [-0.4, -0.2) is 37.2 Å². The first-order valence-corrected chi connectivity index (χ1v) is 23.1. The van der Waals surface area contributed by atoms with Gasteiger partial charge in [0.05, 0.1) is 0 Å². The predicted octanol–water partition coefficient (Wildman–Crippen LogP) is 14.9. The first-order valence-electron chi connectivity index (χ1n) is 23.1. The first-order chi connectivity index (χ1) is 28.0. The van der Waals surface area contributed by atoms with Gasteiger partial charge in [0.25, 0.3) is 0 Å². The molecule has 0 aromatic rings. The maximum atomic E-state index is 12.7. The highest BCUT2D eigenvalue weighted by atomic mass is 16.6. The van der Waals surface area contributed by atoms with Gasteiger partial charge in [-0.2, -0.15) is 0 Å². The number of ether oxygens (including phenoxy) is 3. The molecule has 0 amide bonds. The van der Waals surface area contributed by atoms with Gasteiger partial charge in [-0.05, 0) is 70.6 Å². The highest BCUT2D eigenvalue weighted by Gasteiger charge is 2.19. The summed E-state index contributed by atoms with van der Waals surface area (Å²) in [5, 5.41) is 0. The molecule has 0 aliphatic heterocycles. The van der Waals surface area contributed by atoms with Crippen molar-refractivity contribution in [3.8, 4) is 0 Å². The molecule has 1 atom stereocenters. The third-order valence-corrected chi connectivity index (χ3v) is 9.48. The summed E-state index contributed by atoms with van der Waals surface area (Å²) in [6, 6.07) is 0. The van der Waals surface area contributed by atoms with Crippen LogP contribution >= 0.6 is 0 Å². The molecule has 0 heterocycles. The summed E-state index contributed by atoms with van der Waals surface area (Å²) in [5.74, 6) is -1.01. The zero-order valence-electron chi connectivity index (χ0n) is 36.8. The van der Waals surface area contributed by atoms with E-state index >= 15 is 0 Å². The minimum Gasteiger partial charge on any atom is -0.462 e. The lowest BCUT2D eigenvalue weighted by molar-refractivity contribution is -0.167. The van der Waals surface area contributed by atoms with Crippen molar-refractivity contribution in [2.75, 3.05) is 13.2 Å². The summed E-state index contributed by atoms with van der Waals surface area (Å²) in [7, 11) is 0. The van der Waals surface area contributed by atoms with Crippen molar-refractivity contribution < 1.29 is 28.6 Å². The van der Waals surface area contributed by atoms with Crippen molar-refractivity contribution in [3.63, 3.8) is 0 Å². The fourth-order valence-corrected chi connectivity index (χ4v) is 6.00. The highest BCUT2D eigenvalue weighted by Crippen LogP contribution is 2.12. The first kappa shape index (κ1) is 53.6. The van der Waals surface area contributed by atoms with Crippen LogP contribution in [0.15, 0.2) is 85.1 Å².